The molecular formula is C17H27N3O. The lowest BCUT2D eigenvalue weighted by atomic mass is 10.1. The average molecular weight is 289 g/mol. The molecule has 1 aromatic rings. The summed E-state index contributed by atoms with van der Waals surface area (Å²) >= 11 is 0. The van der Waals surface area contributed by atoms with Gasteiger partial charge in [0.1, 0.15) is 0 Å². The van der Waals surface area contributed by atoms with Gasteiger partial charge in [-0.05, 0) is 31.4 Å². The van der Waals surface area contributed by atoms with Crippen LogP contribution in [0.3, 0.4) is 0 Å². The summed E-state index contributed by atoms with van der Waals surface area (Å²) in [5.41, 5.74) is 1.97. The van der Waals surface area contributed by atoms with Crippen LogP contribution < -0.4 is 4.90 Å². The molecule has 116 valence electrons. The highest BCUT2D eigenvalue weighted by molar-refractivity contribution is 5.45. The first-order chi connectivity index (χ1) is 10.3. The third kappa shape index (κ3) is 3.38. The topological polar surface area (TPSA) is 39.6 Å². The number of hydrogen-bond acceptors (Lipinski definition) is 4. The summed E-state index contributed by atoms with van der Waals surface area (Å²) in [5, 5.41) is 9.80. The van der Waals surface area contributed by atoms with E-state index in [0.717, 1.165) is 24.8 Å². The van der Waals surface area contributed by atoms with Crippen molar-refractivity contribution in [3.63, 3.8) is 0 Å². The van der Waals surface area contributed by atoms with E-state index in [0.29, 0.717) is 6.42 Å². The molecular weight excluding hydrogens is 262 g/mol. The molecule has 1 aliphatic heterocycles. The van der Waals surface area contributed by atoms with Gasteiger partial charge in [0.25, 0.3) is 0 Å². The zero-order chi connectivity index (χ0) is 14.7. The highest BCUT2D eigenvalue weighted by Gasteiger charge is 2.26. The van der Waals surface area contributed by atoms with Crippen LogP contribution in [0.1, 0.15) is 50.8 Å². The van der Waals surface area contributed by atoms with Gasteiger partial charge in [0.15, 0.2) is 0 Å². The van der Waals surface area contributed by atoms with E-state index < -0.39 is 6.10 Å². The number of pyridine rings is 1. The van der Waals surface area contributed by atoms with Crippen molar-refractivity contribution in [1.29, 1.82) is 0 Å². The molecule has 1 saturated heterocycles. The number of aliphatic hydroxyl groups excluding tert-OH is 1. The van der Waals surface area contributed by atoms with Gasteiger partial charge >= 0.3 is 0 Å². The minimum Gasteiger partial charge on any atom is -0.387 e. The van der Waals surface area contributed by atoms with Crippen molar-refractivity contribution in [1.82, 2.24) is 9.88 Å². The summed E-state index contributed by atoms with van der Waals surface area (Å²) < 4.78 is 0. The van der Waals surface area contributed by atoms with E-state index >= 15 is 0 Å². The third-order valence-corrected chi connectivity index (χ3v) is 5.02. The van der Waals surface area contributed by atoms with Crippen LogP contribution in [0.15, 0.2) is 18.3 Å². The lowest BCUT2D eigenvalue weighted by Crippen LogP contribution is -2.49. The molecule has 2 fully saturated rings. The van der Waals surface area contributed by atoms with Crippen molar-refractivity contribution in [2.24, 2.45) is 0 Å². The molecule has 0 spiro atoms. The first-order valence-corrected chi connectivity index (χ1v) is 8.41. The Labute approximate surface area is 127 Å². The Bertz CT molecular complexity index is 434. The Morgan fingerprint density at radius 2 is 1.90 bits per heavy atom. The molecule has 0 amide bonds. The Hall–Kier alpha value is -1.13. The number of rotatable bonds is 4. The number of hydrogen-bond donors (Lipinski definition) is 1. The van der Waals surface area contributed by atoms with Crippen LogP contribution in [0.5, 0.6) is 0 Å². The smallest absolute Gasteiger partial charge is 0.0957 e. The van der Waals surface area contributed by atoms with Gasteiger partial charge in [-0.25, -0.2) is 0 Å². The fraction of sp³-hybridized carbons (Fsp3) is 0.706. The van der Waals surface area contributed by atoms with Crippen LogP contribution in [0.25, 0.3) is 0 Å². The summed E-state index contributed by atoms with van der Waals surface area (Å²) in [6.07, 6.45) is 7.81. The number of aliphatic hydroxyl groups is 1. The van der Waals surface area contributed by atoms with Crippen molar-refractivity contribution in [2.75, 3.05) is 31.1 Å². The first-order valence-electron chi connectivity index (χ1n) is 8.41. The maximum absolute atomic E-state index is 9.80. The van der Waals surface area contributed by atoms with Crippen LogP contribution in [0.2, 0.25) is 0 Å². The van der Waals surface area contributed by atoms with Crippen LogP contribution in [0.4, 0.5) is 5.69 Å². The van der Waals surface area contributed by atoms with E-state index in [1.54, 1.807) is 0 Å². The number of anilines is 1. The molecule has 2 heterocycles. The fourth-order valence-corrected chi connectivity index (χ4v) is 3.61. The van der Waals surface area contributed by atoms with Crippen molar-refractivity contribution >= 4 is 5.69 Å². The predicted molar refractivity (Wildman–Crippen MR) is 85.5 cm³/mol. The molecule has 3 rings (SSSR count). The molecule has 1 aliphatic carbocycles. The van der Waals surface area contributed by atoms with E-state index in [9.17, 15) is 5.11 Å². The summed E-state index contributed by atoms with van der Waals surface area (Å²) in [5.74, 6) is 0. The Morgan fingerprint density at radius 3 is 2.48 bits per heavy atom. The summed E-state index contributed by atoms with van der Waals surface area (Å²) in [6, 6.07) is 4.91. The Kier molecular flexibility index (Phi) is 4.76. The fourth-order valence-electron chi connectivity index (χ4n) is 3.61. The van der Waals surface area contributed by atoms with Crippen LogP contribution in [-0.2, 0) is 0 Å². The van der Waals surface area contributed by atoms with Gasteiger partial charge in [-0.3, -0.25) is 9.88 Å². The second-order valence-electron chi connectivity index (χ2n) is 6.33. The molecule has 0 unspecified atom stereocenters. The lowest BCUT2D eigenvalue weighted by Gasteiger charge is -2.39. The van der Waals surface area contributed by atoms with Crippen molar-refractivity contribution in [3.05, 3.63) is 24.0 Å². The Morgan fingerprint density at radius 1 is 1.19 bits per heavy atom. The van der Waals surface area contributed by atoms with Gasteiger partial charge in [0.05, 0.1) is 23.7 Å². The van der Waals surface area contributed by atoms with Gasteiger partial charge in [0, 0.05) is 32.2 Å². The molecule has 1 N–H and O–H groups in total. The summed E-state index contributed by atoms with van der Waals surface area (Å²) in [6.45, 7) is 6.50. The van der Waals surface area contributed by atoms with Gasteiger partial charge < -0.3 is 10.0 Å². The van der Waals surface area contributed by atoms with Crippen LogP contribution in [0, 0.1) is 0 Å². The zero-order valence-corrected chi connectivity index (χ0v) is 13.0. The molecule has 1 atom stereocenters. The maximum atomic E-state index is 9.80. The van der Waals surface area contributed by atoms with E-state index in [2.05, 4.69) is 20.9 Å². The molecule has 1 saturated carbocycles. The second kappa shape index (κ2) is 6.75. The highest BCUT2D eigenvalue weighted by atomic mass is 16.3. The quantitative estimate of drug-likeness (QED) is 0.925. The minimum atomic E-state index is -0.432. The average Bonchev–Trinajstić information content (AvgIpc) is 3.09. The first kappa shape index (κ1) is 14.8. The van der Waals surface area contributed by atoms with Crippen molar-refractivity contribution in [2.45, 2.75) is 51.2 Å². The minimum absolute atomic E-state index is 0.432. The zero-order valence-electron chi connectivity index (χ0n) is 13.0. The van der Waals surface area contributed by atoms with Gasteiger partial charge in [-0.15, -0.1) is 0 Å². The van der Waals surface area contributed by atoms with Gasteiger partial charge in [-0.1, -0.05) is 19.8 Å². The Balaban J connectivity index is 1.56. The standard InChI is InChI=1S/C17H27N3O/c1-2-17(21)16-8-7-15(13-18-16)20-11-9-19(10-12-20)14-5-3-4-6-14/h7-8,13-14,17,21H,2-6,9-12H2,1H3/t17-/m0/s1. The molecule has 0 radical (unpaired) electrons. The summed E-state index contributed by atoms with van der Waals surface area (Å²) in [7, 11) is 0. The monoisotopic (exact) mass is 289 g/mol. The molecule has 1 aromatic heterocycles. The predicted octanol–water partition coefficient (Wildman–Crippen LogP) is 2.59. The number of aromatic nitrogens is 1. The molecule has 4 heteroatoms. The second-order valence-corrected chi connectivity index (χ2v) is 6.33. The molecule has 4 nitrogen and oxygen atoms in total. The molecule has 0 bridgehead atoms. The third-order valence-electron chi connectivity index (χ3n) is 5.02. The SMILES string of the molecule is CC[C@H](O)c1ccc(N2CCN(C3CCCC3)CC2)cn1. The molecule has 2 aliphatic rings. The number of nitrogens with zero attached hydrogens (tertiary/aromatic N) is 3. The van der Waals surface area contributed by atoms with E-state index in [1.165, 1.54) is 44.5 Å². The molecule has 21 heavy (non-hydrogen) atoms. The normalized spacial score (nSPS) is 22.7. The van der Waals surface area contributed by atoms with Gasteiger partial charge in [-0.2, -0.15) is 0 Å². The van der Waals surface area contributed by atoms with Crippen molar-refractivity contribution < 1.29 is 5.11 Å². The van der Waals surface area contributed by atoms with E-state index in [1.807, 2.05) is 19.2 Å². The van der Waals surface area contributed by atoms with Crippen molar-refractivity contribution in [3.8, 4) is 0 Å². The van der Waals surface area contributed by atoms with E-state index in [4.69, 9.17) is 0 Å². The largest absolute Gasteiger partial charge is 0.387 e. The molecule has 0 aromatic carbocycles. The van der Waals surface area contributed by atoms with Crippen LogP contribution >= 0.6 is 0 Å². The van der Waals surface area contributed by atoms with Gasteiger partial charge in [0.2, 0.25) is 0 Å². The highest BCUT2D eigenvalue weighted by Crippen LogP contribution is 2.26. The summed E-state index contributed by atoms with van der Waals surface area (Å²) in [4.78, 5) is 9.51. The maximum Gasteiger partial charge on any atom is 0.0957 e. The van der Waals surface area contributed by atoms with E-state index in [-0.39, 0.29) is 0 Å². The number of piperazine rings is 1. The lowest BCUT2D eigenvalue weighted by molar-refractivity contribution is 0.169. The van der Waals surface area contributed by atoms with Crippen LogP contribution in [-0.4, -0.2) is 47.2 Å².